The smallest absolute Gasteiger partial charge is 0.269 e. The molecule has 0 fully saturated rings. The number of hydrogen-bond acceptors (Lipinski definition) is 3. The van der Waals surface area contributed by atoms with Crippen molar-refractivity contribution in [1.82, 2.24) is 0 Å². The van der Waals surface area contributed by atoms with E-state index in [9.17, 15) is 14.9 Å². The van der Waals surface area contributed by atoms with E-state index in [1.165, 1.54) is 12.1 Å². The lowest BCUT2D eigenvalue weighted by Crippen LogP contribution is -2.03. The van der Waals surface area contributed by atoms with Crippen LogP contribution in [-0.2, 0) is 6.42 Å². The van der Waals surface area contributed by atoms with E-state index in [0.29, 0.717) is 5.56 Å². The molecule has 2 aromatic rings. The van der Waals surface area contributed by atoms with Crippen LogP contribution in [0.2, 0.25) is 0 Å². The summed E-state index contributed by atoms with van der Waals surface area (Å²) in [6, 6.07) is 13.4. The third-order valence-electron chi connectivity index (χ3n) is 2.89. The molecule has 0 aliphatic carbocycles. The summed E-state index contributed by atoms with van der Waals surface area (Å²) in [7, 11) is 0. The third kappa shape index (κ3) is 3.25. The summed E-state index contributed by atoms with van der Waals surface area (Å²) in [5.41, 5.74) is 2.57. The van der Waals surface area contributed by atoms with Crippen LogP contribution in [0.1, 0.15) is 21.5 Å². The Labute approximate surface area is 110 Å². The van der Waals surface area contributed by atoms with Crippen LogP contribution in [-0.4, -0.2) is 10.7 Å². The first kappa shape index (κ1) is 13.0. The van der Waals surface area contributed by atoms with Crippen molar-refractivity contribution in [3.05, 3.63) is 75.3 Å². The van der Waals surface area contributed by atoms with Gasteiger partial charge >= 0.3 is 0 Å². The average molecular weight is 255 g/mol. The molecule has 2 rings (SSSR count). The summed E-state index contributed by atoms with van der Waals surface area (Å²) in [6.07, 6.45) is 0.251. The van der Waals surface area contributed by atoms with Crippen molar-refractivity contribution in [2.45, 2.75) is 13.3 Å². The van der Waals surface area contributed by atoms with Gasteiger partial charge in [0.1, 0.15) is 0 Å². The first-order valence-corrected chi connectivity index (χ1v) is 5.89. The zero-order valence-corrected chi connectivity index (χ0v) is 10.5. The molecule has 0 spiro atoms. The molecule has 2 aromatic carbocycles. The van der Waals surface area contributed by atoms with E-state index in [1.54, 1.807) is 24.3 Å². The maximum Gasteiger partial charge on any atom is 0.269 e. The van der Waals surface area contributed by atoms with E-state index >= 15 is 0 Å². The quantitative estimate of drug-likeness (QED) is 0.478. The highest BCUT2D eigenvalue weighted by Gasteiger charge is 2.09. The van der Waals surface area contributed by atoms with Crippen molar-refractivity contribution in [1.29, 1.82) is 0 Å². The molecule has 0 aromatic heterocycles. The second kappa shape index (κ2) is 5.44. The van der Waals surface area contributed by atoms with Crippen molar-refractivity contribution in [3.63, 3.8) is 0 Å². The van der Waals surface area contributed by atoms with Gasteiger partial charge in [0.05, 0.1) is 4.92 Å². The summed E-state index contributed by atoms with van der Waals surface area (Å²) in [6.45, 7) is 1.96. The van der Waals surface area contributed by atoms with Crippen LogP contribution < -0.4 is 0 Å². The van der Waals surface area contributed by atoms with E-state index in [-0.39, 0.29) is 17.9 Å². The summed E-state index contributed by atoms with van der Waals surface area (Å²) in [4.78, 5) is 22.1. The van der Waals surface area contributed by atoms with Crippen LogP contribution in [0.5, 0.6) is 0 Å². The number of Topliss-reactive ketones (excluding diaryl/α,β-unsaturated/α-hetero) is 1. The van der Waals surface area contributed by atoms with Crippen LogP contribution in [0.15, 0.2) is 48.5 Å². The molecule has 0 saturated heterocycles. The molecule has 0 aliphatic heterocycles. The van der Waals surface area contributed by atoms with Crippen molar-refractivity contribution < 1.29 is 9.72 Å². The van der Waals surface area contributed by atoms with E-state index in [0.717, 1.165) is 11.1 Å². The Kier molecular flexibility index (Phi) is 3.71. The first-order chi connectivity index (χ1) is 9.06. The van der Waals surface area contributed by atoms with Crippen molar-refractivity contribution >= 4 is 11.5 Å². The molecular weight excluding hydrogens is 242 g/mol. The Balaban J connectivity index is 2.10. The highest BCUT2D eigenvalue weighted by Crippen LogP contribution is 2.14. The standard InChI is InChI=1S/C15H13NO3/c1-11-2-6-13(7-3-11)15(17)10-12-4-8-14(9-5-12)16(18)19/h2-9H,10H2,1H3. The topological polar surface area (TPSA) is 60.2 Å². The molecule has 0 radical (unpaired) electrons. The van der Waals surface area contributed by atoms with Crippen molar-refractivity contribution in [2.75, 3.05) is 0 Å². The fourth-order valence-electron chi connectivity index (χ4n) is 1.76. The zero-order valence-electron chi connectivity index (χ0n) is 10.5. The number of nitrogens with zero attached hydrogens (tertiary/aromatic N) is 1. The van der Waals surface area contributed by atoms with Crippen LogP contribution >= 0.6 is 0 Å². The predicted molar refractivity (Wildman–Crippen MR) is 72.3 cm³/mol. The largest absolute Gasteiger partial charge is 0.294 e. The van der Waals surface area contributed by atoms with Crippen molar-refractivity contribution in [2.24, 2.45) is 0 Å². The molecule has 0 bridgehead atoms. The molecule has 0 amide bonds. The number of ketones is 1. The highest BCUT2D eigenvalue weighted by atomic mass is 16.6. The van der Waals surface area contributed by atoms with Gasteiger partial charge in [-0.2, -0.15) is 0 Å². The van der Waals surface area contributed by atoms with Gasteiger partial charge in [-0.1, -0.05) is 42.0 Å². The van der Waals surface area contributed by atoms with Gasteiger partial charge in [0.25, 0.3) is 5.69 Å². The van der Waals surface area contributed by atoms with Crippen LogP contribution in [0.3, 0.4) is 0 Å². The SMILES string of the molecule is Cc1ccc(C(=O)Cc2ccc([N+](=O)[O-])cc2)cc1. The number of carbonyl (C=O) groups excluding carboxylic acids is 1. The number of benzene rings is 2. The number of non-ortho nitro benzene ring substituents is 1. The fraction of sp³-hybridized carbons (Fsp3) is 0.133. The first-order valence-electron chi connectivity index (χ1n) is 5.89. The minimum Gasteiger partial charge on any atom is -0.294 e. The number of carbonyl (C=O) groups is 1. The summed E-state index contributed by atoms with van der Waals surface area (Å²) in [5, 5.41) is 10.5. The Morgan fingerprint density at radius 1 is 1.05 bits per heavy atom. The van der Waals surface area contributed by atoms with Crippen LogP contribution in [0.25, 0.3) is 0 Å². The maximum atomic E-state index is 12.0. The van der Waals surface area contributed by atoms with E-state index in [2.05, 4.69) is 0 Å². The van der Waals surface area contributed by atoms with Gasteiger partial charge in [0.2, 0.25) is 0 Å². The molecule has 4 nitrogen and oxygen atoms in total. The fourth-order valence-corrected chi connectivity index (χ4v) is 1.76. The minimum atomic E-state index is -0.453. The molecule has 0 heterocycles. The van der Waals surface area contributed by atoms with Gasteiger partial charge < -0.3 is 0 Å². The molecule has 0 N–H and O–H groups in total. The van der Waals surface area contributed by atoms with E-state index in [1.807, 2.05) is 19.1 Å². The lowest BCUT2D eigenvalue weighted by atomic mass is 10.0. The number of hydrogen-bond donors (Lipinski definition) is 0. The zero-order chi connectivity index (χ0) is 13.8. The molecule has 96 valence electrons. The normalized spacial score (nSPS) is 10.2. The highest BCUT2D eigenvalue weighted by molar-refractivity contribution is 5.97. The Hall–Kier alpha value is -2.49. The second-order valence-corrected chi connectivity index (χ2v) is 4.39. The molecular formula is C15H13NO3. The molecule has 0 aliphatic rings. The molecule has 4 heteroatoms. The van der Waals surface area contributed by atoms with Crippen LogP contribution in [0, 0.1) is 17.0 Å². The predicted octanol–water partition coefficient (Wildman–Crippen LogP) is 3.33. The van der Waals surface area contributed by atoms with Gasteiger partial charge in [-0.05, 0) is 12.5 Å². The van der Waals surface area contributed by atoms with Crippen molar-refractivity contribution in [3.8, 4) is 0 Å². The monoisotopic (exact) mass is 255 g/mol. The van der Waals surface area contributed by atoms with Gasteiger partial charge in [0, 0.05) is 24.1 Å². The Bertz CT molecular complexity index is 600. The number of nitro benzene ring substituents is 1. The second-order valence-electron chi connectivity index (χ2n) is 4.39. The molecule has 0 unspecified atom stereocenters. The Morgan fingerprint density at radius 3 is 2.16 bits per heavy atom. The minimum absolute atomic E-state index is 0.00820. The molecule has 0 atom stereocenters. The van der Waals surface area contributed by atoms with Gasteiger partial charge in [-0.3, -0.25) is 14.9 Å². The number of aryl methyl sites for hydroxylation is 1. The summed E-state index contributed by atoms with van der Waals surface area (Å²) in [5.74, 6) is 0.00820. The van der Waals surface area contributed by atoms with Gasteiger partial charge in [-0.15, -0.1) is 0 Å². The molecule has 19 heavy (non-hydrogen) atoms. The van der Waals surface area contributed by atoms with E-state index in [4.69, 9.17) is 0 Å². The Morgan fingerprint density at radius 2 is 1.63 bits per heavy atom. The lowest BCUT2D eigenvalue weighted by Gasteiger charge is -2.02. The summed E-state index contributed by atoms with van der Waals surface area (Å²) >= 11 is 0. The van der Waals surface area contributed by atoms with E-state index < -0.39 is 4.92 Å². The van der Waals surface area contributed by atoms with Gasteiger partial charge in [0.15, 0.2) is 5.78 Å². The van der Waals surface area contributed by atoms with Crippen LogP contribution in [0.4, 0.5) is 5.69 Å². The summed E-state index contributed by atoms with van der Waals surface area (Å²) < 4.78 is 0. The maximum absolute atomic E-state index is 12.0. The third-order valence-corrected chi connectivity index (χ3v) is 2.89. The lowest BCUT2D eigenvalue weighted by molar-refractivity contribution is -0.384. The average Bonchev–Trinajstić information content (AvgIpc) is 2.40. The number of nitro groups is 1. The number of rotatable bonds is 4. The van der Waals surface area contributed by atoms with Gasteiger partial charge in [-0.25, -0.2) is 0 Å². The molecule has 0 saturated carbocycles.